The Balaban J connectivity index is 1.95. The van der Waals surface area contributed by atoms with Crippen molar-refractivity contribution in [2.75, 3.05) is 0 Å². The fraction of sp³-hybridized carbons (Fsp3) is 0.250. The molecule has 0 bridgehead atoms. The molecule has 0 unspecified atom stereocenters. The summed E-state index contributed by atoms with van der Waals surface area (Å²) in [5, 5.41) is 4.12. The Kier molecular flexibility index (Phi) is 4.43. The van der Waals surface area contributed by atoms with Gasteiger partial charge in [0, 0.05) is 30.7 Å². The van der Waals surface area contributed by atoms with Crippen LogP contribution < -0.4 is 0 Å². The van der Waals surface area contributed by atoms with Crippen LogP contribution in [-0.2, 0) is 13.1 Å². The summed E-state index contributed by atoms with van der Waals surface area (Å²) in [6, 6.07) is 2.33. The van der Waals surface area contributed by atoms with Gasteiger partial charge in [0.15, 0.2) is 5.82 Å². The van der Waals surface area contributed by atoms with Crippen LogP contribution in [-0.4, -0.2) is 19.3 Å². The minimum absolute atomic E-state index is 0.133. The first-order chi connectivity index (χ1) is 11.1. The Morgan fingerprint density at radius 3 is 2.87 bits per heavy atom. The Bertz CT molecular complexity index is 825. The van der Waals surface area contributed by atoms with E-state index in [0.717, 1.165) is 24.6 Å². The van der Waals surface area contributed by atoms with Crippen LogP contribution in [0.4, 0.5) is 8.78 Å². The summed E-state index contributed by atoms with van der Waals surface area (Å²) < 4.78 is 31.8. The maximum Gasteiger partial charge on any atom is 0.155 e. The van der Waals surface area contributed by atoms with E-state index in [1.54, 1.807) is 17.0 Å². The highest BCUT2D eigenvalue weighted by Crippen LogP contribution is 2.29. The van der Waals surface area contributed by atoms with Crippen LogP contribution in [0, 0.1) is 11.6 Å². The van der Waals surface area contributed by atoms with Crippen LogP contribution in [0.25, 0.3) is 11.4 Å². The summed E-state index contributed by atoms with van der Waals surface area (Å²) in [6.45, 7) is 3.32. The summed E-state index contributed by atoms with van der Waals surface area (Å²) in [4.78, 5) is 4.09. The van der Waals surface area contributed by atoms with E-state index in [4.69, 9.17) is 11.6 Å². The molecule has 0 aliphatic carbocycles. The number of aromatic nitrogens is 4. The summed E-state index contributed by atoms with van der Waals surface area (Å²) in [5.74, 6) is -1.30. The molecule has 7 heteroatoms. The molecule has 0 radical (unpaired) electrons. The van der Waals surface area contributed by atoms with Gasteiger partial charge in [-0.05, 0) is 18.6 Å². The van der Waals surface area contributed by atoms with Gasteiger partial charge in [0.1, 0.15) is 11.6 Å². The molecule has 0 aliphatic heterocycles. The number of nitrogens with zero attached hydrogens (tertiary/aromatic N) is 4. The van der Waals surface area contributed by atoms with E-state index in [1.165, 1.54) is 12.3 Å². The number of rotatable bonds is 5. The smallest absolute Gasteiger partial charge is 0.155 e. The standard InChI is InChI=1S/C16H15ClF2N4/c1-2-6-23-10-11(8-21-23)9-22-7-5-20-16(22)14-13(18)4-3-12(17)15(14)19/h3-5,7-8,10H,2,6,9H2,1H3. The molecule has 0 spiro atoms. The Labute approximate surface area is 137 Å². The number of aryl methyl sites for hydroxylation is 1. The fourth-order valence-electron chi connectivity index (χ4n) is 2.43. The van der Waals surface area contributed by atoms with Gasteiger partial charge in [0.05, 0.1) is 23.3 Å². The topological polar surface area (TPSA) is 35.6 Å². The molecule has 0 fully saturated rings. The van der Waals surface area contributed by atoms with Gasteiger partial charge in [-0.2, -0.15) is 5.10 Å². The van der Waals surface area contributed by atoms with Gasteiger partial charge in [-0.15, -0.1) is 0 Å². The monoisotopic (exact) mass is 336 g/mol. The molecule has 2 heterocycles. The average molecular weight is 337 g/mol. The van der Waals surface area contributed by atoms with E-state index in [0.29, 0.717) is 6.54 Å². The van der Waals surface area contributed by atoms with Gasteiger partial charge in [-0.1, -0.05) is 18.5 Å². The first-order valence-electron chi connectivity index (χ1n) is 7.26. The molecule has 0 atom stereocenters. The summed E-state index contributed by atoms with van der Waals surface area (Å²) >= 11 is 5.76. The Morgan fingerprint density at radius 2 is 2.09 bits per heavy atom. The fourth-order valence-corrected chi connectivity index (χ4v) is 2.59. The lowest BCUT2D eigenvalue weighted by molar-refractivity contribution is 0.585. The molecule has 2 aromatic heterocycles. The molecule has 1 aromatic carbocycles. The van der Waals surface area contributed by atoms with E-state index >= 15 is 0 Å². The van der Waals surface area contributed by atoms with E-state index < -0.39 is 11.6 Å². The Morgan fingerprint density at radius 1 is 1.26 bits per heavy atom. The number of hydrogen-bond acceptors (Lipinski definition) is 2. The third-order valence-electron chi connectivity index (χ3n) is 3.48. The molecular formula is C16H15ClF2N4. The number of benzene rings is 1. The van der Waals surface area contributed by atoms with E-state index in [2.05, 4.69) is 17.0 Å². The first-order valence-corrected chi connectivity index (χ1v) is 7.64. The molecule has 3 rings (SSSR count). The second-order valence-corrected chi connectivity index (χ2v) is 5.62. The summed E-state index contributed by atoms with van der Waals surface area (Å²) in [5.41, 5.74) is 0.712. The highest BCUT2D eigenvalue weighted by atomic mass is 35.5. The number of imidazole rings is 1. The molecular weight excluding hydrogens is 322 g/mol. The lowest BCUT2D eigenvalue weighted by Crippen LogP contribution is -2.04. The minimum atomic E-state index is -0.805. The van der Waals surface area contributed by atoms with Crippen molar-refractivity contribution >= 4 is 11.6 Å². The lowest BCUT2D eigenvalue weighted by atomic mass is 10.2. The van der Waals surface area contributed by atoms with Crippen LogP contribution in [0.3, 0.4) is 0 Å². The van der Waals surface area contributed by atoms with Crippen molar-refractivity contribution in [2.45, 2.75) is 26.4 Å². The average Bonchev–Trinajstić information content (AvgIpc) is 3.15. The van der Waals surface area contributed by atoms with Gasteiger partial charge >= 0.3 is 0 Å². The molecule has 0 amide bonds. The molecule has 0 saturated carbocycles. The quantitative estimate of drug-likeness (QED) is 0.656. The maximum absolute atomic E-state index is 14.2. The van der Waals surface area contributed by atoms with Crippen molar-refractivity contribution in [2.24, 2.45) is 0 Å². The second-order valence-electron chi connectivity index (χ2n) is 5.21. The zero-order chi connectivity index (χ0) is 16.4. The van der Waals surface area contributed by atoms with Gasteiger partial charge in [0.25, 0.3) is 0 Å². The minimum Gasteiger partial charge on any atom is -0.326 e. The van der Waals surface area contributed by atoms with Crippen molar-refractivity contribution in [1.82, 2.24) is 19.3 Å². The van der Waals surface area contributed by atoms with Gasteiger partial charge in [-0.25, -0.2) is 13.8 Å². The van der Waals surface area contributed by atoms with E-state index in [9.17, 15) is 8.78 Å². The molecule has 23 heavy (non-hydrogen) atoms. The third-order valence-corrected chi connectivity index (χ3v) is 3.77. The third kappa shape index (κ3) is 3.12. The van der Waals surface area contributed by atoms with Crippen LogP contribution in [0.15, 0.2) is 36.9 Å². The normalized spacial score (nSPS) is 11.1. The van der Waals surface area contributed by atoms with Crippen molar-refractivity contribution in [1.29, 1.82) is 0 Å². The van der Waals surface area contributed by atoms with Crippen molar-refractivity contribution in [3.05, 3.63) is 59.1 Å². The van der Waals surface area contributed by atoms with Gasteiger partial charge in [-0.3, -0.25) is 4.68 Å². The Hall–Kier alpha value is -2.21. The van der Waals surface area contributed by atoms with Crippen molar-refractivity contribution < 1.29 is 8.78 Å². The molecule has 0 aliphatic rings. The second kappa shape index (κ2) is 6.50. The molecule has 120 valence electrons. The maximum atomic E-state index is 14.2. The van der Waals surface area contributed by atoms with Crippen LogP contribution >= 0.6 is 11.6 Å². The number of hydrogen-bond donors (Lipinski definition) is 0. The predicted octanol–water partition coefficient (Wildman–Crippen LogP) is 4.14. The zero-order valence-electron chi connectivity index (χ0n) is 12.5. The predicted molar refractivity (Wildman–Crippen MR) is 84.2 cm³/mol. The van der Waals surface area contributed by atoms with E-state index in [-0.39, 0.29) is 16.4 Å². The van der Waals surface area contributed by atoms with E-state index in [1.807, 2.05) is 10.9 Å². The summed E-state index contributed by atoms with van der Waals surface area (Å²) in [7, 11) is 0. The highest BCUT2D eigenvalue weighted by Gasteiger charge is 2.19. The first kappa shape index (κ1) is 15.7. The summed E-state index contributed by atoms with van der Waals surface area (Å²) in [6.07, 6.45) is 7.82. The van der Waals surface area contributed by atoms with Crippen molar-refractivity contribution in [3.63, 3.8) is 0 Å². The van der Waals surface area contributed by atoms with Crippen LogP contribution in [0.2, 0.25) is 5.02 Å². The molecule has 0 saturated heterocycles. The molecule has 3 aromatic rings. The van der Waals surface area contributed by atoms with Gasteiger partial charge < -0.3 is 4.57 Å². The highest BCUT2D eigenvalue weighted by molar-refractivity contribution is 6.31. The number of halogens is 3. The lowest BCUT2D eigenvalue weighted by Gasteiger charge is -2.09. The van der Waals surface area contributed by atoms with Gasteiger partial charge in [0.2, 0.25) is 0 Å². The molecule has 4 nitrogen and oxygen atoms in total. The zero-order valence-corrected chi connectivity index (χ0v) is 13.3. The largest absolute Gasteiger partial charge is 0.326 e. The molecule has 0 N–H and O–H groups in total. The van der Waals surface area contributed by atoms with Crippen molar-refractivity contribution in [3.8, 4) is 11.4 Å². The SMILES string of the molecule is CCCn1cc(Cn2ccnc2-c2c(F)ccc(Cl)c2F)cn1. The van der Waals surface area contributed by atoms with Crippen LogP contribution in [0.1, 0.15) is 18.9 Å². The van der Waals surface area contributed by atoms with Crippen LogP contribution in [0.5, 0.6) is 0 Å².